The molecule has 0 saturated carbocycles. The van der Waals surface area contributed by atoms with Gasteiger partial charge in [-0.1, -0.05) is 0 Å². The first kappa shape index (κ1) is 15.8. The molecule has 21 heavy (non-hydrogen) atoms. The maximum atomic E-state index is 12.2. The Morgan fingerprint density at radius 1 is 1.19 bits per heavy atom. The second-order valence-corrected chi connectivity index (χ2v) is 5.06. The number of ether oxygens (including phenoxy) is 3. The van der Waals surface area contributed by atoms with Crippen LogP contribution in [-0.4, -0.2) is 45.8 Å². The van der Waals surface area contributed by atoms with Gasteiger partial charge in [-0.2, -0.15) is 0 Å². The van der Waals surface area contributed by atoms with Crippen LogP contribution in [0.1, 0.15) is 29.6 Å². The second kappa shape index (κ2) is 8.00. The van der Waals surface area contributed by atoms with E-state index in [4.69, 9.17) is 14.2 Å². The van der Waals surface area contributed by atoms with E-state index >= 15 is 0 Å². The Hall–Kier alpha value is -1.59. The number of hydrogen-bond acceptors (Lipinski definition) is 5. The summed E-state index contributed by atoms with van der Waals surface area (Å²) in [5.74, 6) is 1.26. The molecular formula is C16H23NO4. The number of nitrogens with one attached hydrogen (secondary N) is 1. The third-order valence-electron chi connectivity index (χ3n) is 3.67. The summed E-state index contributed by atoms with van der Waals surface area (Å²) < 4.78 is 16.1. The van der Waals surface area contributed by atoms with Gasteiger partial charge in [0, 0.05) is 12.0 Å². The Kier molecular flexibility index (Phi) is 6.02. The molecule has 1 heterocycles. The lowest BCUT2D eigenvalue weighted by atomic mass is 10.1. The highest BCUT2D eigenvalue weighted by molar-refractivity contribution is 5.96. The van der Waals surface area contributed by atoms with Crippen LogP contribution in [0.3, 0.4) is 0 Å². The number of methoxy groups -OCH3 is 2. The molecule has 0 amide bonds. The highest BCUT2D eigenvalue weighted by Gasteiger charge is 2.15. The largest absolute Gasteiger partial charge is 0.493 e. The molecule has 1 aliphatic heterocycles. The first-order valence-electron chi connectivity index (χ1n) is 7.32. The zero-order chi connectivity index (χ0) is 15.1. The van der Waals surface area contributed by atoms with Crippen molar-refractivity contribution < 1.29 is 19.0 Å². The average Bonchev–Trinajstić information content (AvgIpc) is 2.55. The third kappa shape index (κ3) is 4.44. The first-order valence-corrected chi connectivity index (χ1v) is 7.32. The number of ketones is 1. The van der Waals surface area contributed by atoms with E-state index in [1.807, 2.05) is 0 Å². The Labute approximate surface area is 125 Å². The van der Waals surface area contributed by atoms with E-state index < -0.39 is 0 Å². The summed E-state index contributed by atoms with van der Waals surface area (Å²) in [6.07, 6.45) is 2.71. The summed E-state index contributed by atoms with van der Waals surface area (Å²) in [6, 6.07) is 5.22. The second-order valence-electron chi connectivity index (χ2n) is 5.06. The van der Waals surface area contributed by atoms with Crippen LogP contribution in [0.5, 0.6) is 11.5 Å². The van der Waals surface area contributed by atoms with Crippen LogP contribution >= 0.6 is 0 Å². The zero-order valence-corrected chi connectivity index (χ0v) is 12.7. The Bertz CT molecular complexity index is 469. The van der Waals surface area contributed by atoms with Crippen molar-refractivity contribution in [2.45, 2.75) is 25.4 Å². The van der Waals surface area contributed by atoms with Crippen LogP contribution in [0, 0.1) is 0 Å². The quantitative estimate of drug-likeness (QED) is 0.780. The van der Waals surface area contributed by atoms with Crippen molar-refractivity contribution in [3.8, 4) is 11.5 Å². The van der Waals surface area contributed by atoms with Gasteiger partial charge in [-0.25, -0.2) is 0 Å². The number of benzene rings is 1. The van der Waals surface area contributed by atoms with Gasteiger partial charge in [0.2, 0.25) is 0 Å². The predicted octanol–water partition coefficient (Wildman–Crippen LogP) is 2.05. The van der Waals surface area contributed by atoms with E-state index in [0.717, 1.165) is 25.9 Å². The molecule has 5 heteroatoms. The fourth-order valence-corrected chi connectivity index (χ4v) is 2.43. The molecule has 0 radical (unpaired) electrons. The summed E-state index contributed by atoms with van der Waals surface area (Å²) in [7, 11) is 3.14. The maximum absolute atomic E-state index is 12.2. The highest BCUT2D eigenvalue weighted by atomic mass is 16.5. The highest BCUT2D eigenvalue weighted by Crippen LogP contribution is 2.28. The van der Waals surface area contributed by atoms with Crippen molar-refractivity contribution in [1.29, 1.82) is 0 Å². The molecule has 1 N–H and O–H groups in total. The van der Waals surface area contributed by atoms with Crippen molar-refractivity contribution >= 4 is 5.78 Å². The van der Waals surface area contributed by atoms with Crippen LogP contribution in [-0.2, 0) is 4.74 Å². The molecule has 0 unspecified atom stereocenters. The van der Waals surface area contributed by atoms with Crippen LogP contribution < -0.4 is 14.8 Å². The molecule has 5 nitrogen and oxygen atoms in total. The summed E-state index contributed by atoms with van der Waals surface area (Å²) in [5, 5.41) is 3.29. The van der Waals surface area contributed by atoms with E-state index in [2.05, 4.69) is 5.32 Å². The van der Waals surface area contributed by atoms with Crippen molar-refractivity contribution in [1.82, 2.24) is 5.32 Å². The number of carbonyl (C=O) groups is 1. The summed E-state index contributed by atoms with van der Waals surface area (Å²) in [5.41, 5.74) is 0.626. The smallest absolute Gasteiger partial charge is 0.165 e. The Morgan fingerprint density at radius 3 is 2.57 bits per heavy atom. The van der Waals surface area contributed by atoms with Gasteiger partial charge in [0.05, 0.1) is 26.9 Å². The van der Waals surface area contributed by atoms with Gasteiger partial charge < -0.3 is 19.5 Å². The van der Waals surface area contributed by atoms with Crippen molar-refractivity contribution in [2.24, 2.45) is 0 Å². The van der Waals surface area contributed by atoms with Gasteiger partial charge in [-0.05, 0) is 44.1 Å². The van der Waals surface area contributed by atoms with Gasteiger partial charge >= 0.3 is 0 Å². The molecule has 0 aromatic heterocycles. The van der Waals surface area contributed by atoms with E-state index in [1.165, 1.54) is 0 Å². The fourth-order valence-electron chi connectivity index (χ4n) is 2.43. The molecule has 0 atom stereocenters. The predicted molar refractivity (Wildman–Crippen MR) is 80.3 cm³/mol. The topological polar surface area (TPSA) is 56.8 Å². The minimum absolute atomic E-state index is 0.0601. The monoisotopic (exact) mass is 293 g/mol. The van der Waals surface area contributed by atoms with Crippen molar-refractivity contribution in [2.75, 3.05) is 33.9 Å². The first-order chi connectivity index (χ1) is 10.2. The molecule has 2 rings (SSSR count). The molecule has 0 bridgehead atoms. The molecule has 1 aromatic rings. The van der Waals surface area contributed by atoms with E-state index in [9.17, 15) is 4.79 Å². The van der Waals surface area contributed by atoms with Crippen LogP contribution in [0.4, 0.5) is 0 Å². The normalized spacial score (nSPS) is 15.7. The van der Waals surface area contributed by atoms with Crippen LogP contribution in [0.15, 0.2) is 18.2 Å². The number of Topliss-reactive ketones (excluding diaryl/α,β-unsaturated/α-hetero) is 1. The molecule has 1 aliphatic rings. The van der Waals surface area contributed by atoms with E-state index in [-0.39, 0.29) is 11.9 Å². The fraction of sp³-hybridized carbons (Fsp3) is 0.562. The minimum Gasteiger partial charge on any atom is -0.493 e. The SMILES string of the molecule is COc1ccc(C(=O)CCOC2CCNCC2)cc1OC. The van der Waals surface area contributed by atoms with Crippen LogP contribution in [0.2, 0.25) is 0 Å². The number of hydrogen-bond donors (Lipinski definition) is 1. The van der Waals surface area contributed by atoms with Crippen molar-refractivity contribution in [3.63, 3.8) is 0 Å². The lowest BCUT2D eigenvalue weighted by Gasteiger charge is -2.22. The summed E-state index contributed by atoms with van der Waals surface area (Å²) in [6.45, 7) is 2.46. The van der Waals surface area contributed by atoms with Gasteiger partial charge in [-0.15, -0.1) is 0 Å². The molecule has 0 spiro atoms. The van der Waals surface area contributed by atoms with Crippen LogP contribution in [0.25, 0.3) is 0 Å². The maximum Gasteiger partial charge on any atom is 0.165 e. The summed E-state index contributed by atoms with van der Waals surface area (Å²) in [4.78, 5) is 12.2. The lowest BCUT2D eigenvalue weighted by molar-refractivity contribution is 0.0313. The molecule has 116 valence electrons. The Morgan fingerprint density at radius 2 is 1.90 bits per heavy atom. The van der Waals surface area contributed by atoms with E-state index in [0.29, 0.717) is 30.1 Å². The van der Waals surface area contributed by atoms with Gasteiger partial charge in [0.25, 0.3) is 0 Å². The van der Waals surface area contributed by atoms with Gasteiger partial charge in [-0.3, -0.25) is 4.79 Å². The number of carbonyl (C=O) groups excluding carboxylic acids is 1. The van der Waals surface area contributed by atoms with E-state index in [1.54, 1.807) is 32.4 Å². The molecular weight excluding hydrogens is 270 g/mol. The minimum atomic E-state index is 0.0601. The number of piperidine rings is 1. The van der Waals surface area contributed by atoms with Gasteiger partial charge in [0.15, 0.2) is 17.3 Å². The molecule has 1 aromatic carbocycles. The zero-order valence-electron chi connectivity index (χ0n) is 12.7. The Balaban J connectivity index is 1.85. The third-order valence-corrected chi connectivity index (χ3v) is 3.67. The number of rotatable bonds is 7. The average molecular weight is 293 g/mol. The molecule has 0 aliphatic carbocycles. The standard InChI is InChI=1S/C16H23NO4/c1-19-15-4-3-12(11-16(15)20-2)14(18)7-10-21-13-5-8-17-9-6-13/h3-4,11,13,17H,5-10H2,1-2H3. The summed E-state index contributed by atoms with van der Waals surface area (Å²) >= 11 is 0. The van der Waals surface area contributed by atoms with Crippen molar-refractivity contribution in [3.05, 3.63) is 23.8 Å². The lowest BCUT2D eigenvalue weighted by Crippen LogP contribution is -2.32. The molecule has 1 saturated heterocycles. The molecule has 1 fully saturated rings. The van der Waals surface area contributed by atoms with Gasteiger partial charge in [0.1, 0.15) is 0 Å².